The Bertz CT molecular complexity index is 523. The maximum Gasteiger partial charge on any atom is 0.148 e. The highest BCUT2D eigenvalue weighted by molar-refractivity contribution is 5.61. The van der Waals surface area contributed by atoms with E-state index in [1.165, 1.54) is 0 Å². The molecule has 0 amide bonds. The lowest BCUT2D eigenvalue weighted by atomic mass is 10.1. The molecule has 0 radical (unpaired) electrons. The third kappa shape index (κ3) is 3.68. The van der Waals surface area contributed by atoms with Gasteiger partial charge in [0.15, 0.2) is 0 Å². The molecule has 0 saturated carbocycles. The second-order valence-electron chi connectivity index (χ2n) is 4.53. The molecule has 0 spiro atoms. The van der Waals surface area contributed by atoms with Crippen molar-refractivity contribution in [2.24, 2.45) is 0 Å². The van der Waals surface area contributed by atoms with E-state index in [-0.39, 0.29) is 6.10 Å². The average Bonchev–Trinajstić information content (AvgIpc) is 2.39. The number of nitrogens with one attached hydrogen (secondary N) is 1. The Hall–Kier alpha value is -2.10. The molecular weight excluding hydrogens is 238 g/mol. The standard InChI is InChI=1S/C15H19N3O/c1-4-16-15-9-8-14(17-18-15)12-6-5-7-13(10-12)19-11(2)3/h5-11H,4H2,1-3H3,(H,16,18). The maximum absolute atomic E-state index is 5.68. The fourth-order valence-electron chi connectivity index (χ4n) is 1.76. The number of hydrogen-bond acceptors (Lipinski definition) is 4. The third-order valence-electron chi connectivity index (χ3n) is 2.52. The summed E-state index contributed by atoms with van der Waals surface area (Å²) in [5.41, 5.74) is 1.85. The fraction of sp³-hybridized carbons (Fsp3) is 0.333. The number of anilines is 1. The molecule has 4 nitrogen and oxygen atoms in total. The summed E-state index contributed by atoms with van der Waals surface area (Å²) in [5.74, 6) is 1.64. The topological polar surface area (TPSA) is 47.0 Å². The zero-order valence-corrected chi connectivity index (χ0v) is 11.6. The first kappa shape index (κ1) is 13.3. The Kier molecular flexibility index (Phi) is 4.34. The zero-order chi connectivity index (χ0) is 13.7. The Labute approximate surface area is 113 Å². The van der Waals surface area contributed by atoms with Crippen LogP contribution in [0.25, 0.3) is 11.3 Å². The predicted octanol–water partition coefficient (Wildman–Crippen LogP) is 3.36. The number of ether oxygens (including phenoxy) is 1. The summed E-state index contributed by atoms with van der Waals surface area (Å²) in [6.07, 6.45) is 0.164. The van der Waals surface area contributed by atoms with Crippen molar-refractivity contribution < 1.29 is 4.74 Å². The molecule has 0 aliphatic heterocycles. The van der Waals surface area contributed by atoms with Gasteiger partial charge in [0.25, 0.3) is 0 Å². The van der Waals surface area contributed by atoms with Crippen molar-refractivity contribution in [1.29, 1.82) is 0 Å². The van der Waals surface area contributed by atoms with Gasteiger partial charge in [0.1, 0.15) is 11.6 Å². The quantitative estimate of drug-likeness (QED) is 0.892. The molecule has 1 aromatic carbocycles. The van der Waals surface area contributed by atoms with Gasteiger partial charge in [-0.15, -0.1) is 10.2 Å². The van der Waals surface area contributed by atoms with Crippen LogP contribution in [-0.2, 0) is 0 Å². The molecule has 1 N–H and O–H groups in total. The minimum absolute atomic E-state index is 0.164. The number of nitrogens with zero attached hydrogens (tertiary/aromatic N) is 2. The summed E-state index contributed by atoms with van der Waals surface area (Å²) < 4.78 is 5.68. The lowest BCUT2D eigenvalue weighted by Crippen LogP contribution is -2.05. The van der Waals surface area contributed by atoms with Gasteiger partial charge >= 0.3 is 0 Å². The molecule has 0 atom stereocenters. The van der Waals surface area contributed by atoms with Crippen LogP contribution < -0.4 is 10.1 Å². The minimum Gasteiger partial charge on any atom is -0.491 e. The normalized spacial score (nSPS) is 10.5. The summed E-state index contributed by atoms with van der Waals surface area (Å²) in [6, 6.07) is 11.8. The van der Waals surface area contributed by atoms with Crippen LogP contribution in [-0.4, -0.2) is 22.8 Å². The Morgan fingerprint density at radius 2 is 2.00 bits per heavy atom. The first-order valence-electron chi connectivity index (χ1n) is 6.53. The van der Waals surface area contributed by atoms with E-state index in [0.717, 1.165) is 29.4 Å². The molecule has 100 valence electrons. The smallest absolute Gasteiger partial charge is 0.148 e. The molecule has 19 heavy (non-hydrogen) atoms. The summed E-state index contributed by atoms with van der Waals surface area (Å²) in [6.45, 7) is 6.89. The first-order valence-corrected chi connectivity index (χ1v) is 6.53. The van der Waals surface area contributed by atoms with E-state index in [1.807, 2.05) is 57.2 Å². The Balaban J connectivity index is 2.21. The van der Waals surface area contributed by atoms with Crippen LogP contribution in [0.3, 0.4) is 0 Å². The van der Waals surface area contributed by atoms with Crippen LogP contribution in [0, 0.1) is 0 Å². The van der Waals surface area contributed by atoms with Gasteiger partial charge in [-0.05, 0) is 45.0 Å². The average molecular weight is 257 g/mol. The van der Waals surface area contributed by atoms with Crippen molar-refractivity contribution in [1.82, 2.24) is 10.2 Å². The minimum atomic E-state index is 0.164. The van der Waals surface area contributed by atoms with E-state index in [1.54, 1.807) is 0 Å². The van der Waals surface area contributed by atoms with E-state index in [9.17, 15) is 0 Å². The van der Waals surface area contributed by atoms with E-state index < -0.39 is 0 Å². The van der Waals surface area contributed by atoms with Crippen LogP contribution in [0.2, 0.25) is 0 Å². The highest BCUT2D eigenvalue weighted by atomic mass is 16.5. The highest BCUT2D eigenvalue weighted by Gasteiger charge is 2.04. The molecule has 1 aromatic heterocycles. The molecule has 2 aromatic rings. The molecule has 4 heteroatoms. The number of rotatable bonds is 5. The van der Waals surface area contributed by atoms with Gasteiger partial charge in [0.05, 0.1) is 11.8 Å². The molecule has 1 heterocycles. The van der Waals surface area contributed by atoms with Crippen molar-refractivity contribution in [2.45, 2.75) is 26.9 Å². The molecule has 0 aliphatic rings. The fourth-order valence-corrected chi connectivity index (χ4v) is 1.76. The molecule has 0 saturated heterocycles. The largest absolute Gasteiger partial charge is 0.491 e. The maximum atomic E-state index is 5.68. The highest BCUT2D eigenvalue weighted by Crippen LogP contribution is 2.23. The predicted molar refractivity (Wildman–Crippen MR) is 77.4 cm³/mol. The summed E-state index contributed by atoms with van der Waals surface area (Å²) in [5, 5.41) is 11.5. The SMILES string of the molecule is CCNc1ccc(-c2cccc(OC(C)C)c2)nn1. The van der Waals surface area contributed by atoms with Crippen LogP contribution in [0.4, 0.5) is 5.82 Å². The van der Waals surface area contributed by atoms with Gasteiger partial charge in [-0.3, -0.25) is 0 Å². The van der Waals surface area contributed by atoms with E-state index in [0.29, 0.717) is 0 Å². The van der Waals surface area contributed by atoms with Gasteiger partial charge in [-0.25, -0.2) is 0 Å². The van der Waals surface area contributed by atoms with E-state index in [4.69, 9.17) is 4.74 Å². The Morgan fingerprint density at radius 1 is 1.16 bits per heavy atom. The van der Waals surface area contributed by atoms with Crippen molar-refractivity contribution in [3.63, 3.8) is 0 Å². The molecule has 2 rings (SSSR count). The van der Waals surface area contributed by atoms with Gasteiger partial charge in [0.2, 0.25) is 0 Å². The van der Waals surface area contributed by atoms with Crippen molar-refractivity contribution in [3.8, 4) is 17.0 Å². The monoisotopic (exact) mass is 257 g/mol. The summed E-state index contributed by atoms with van der Waals surface area (Å²) >= 11 is 0. The zero-order valence-electron chi connectivity index (χ0n) is 11.6. The second kappa shape index (κ2) is 6.18. The Morgan fingerprint density at radius 3 is 2.63 bits per heavy atom. The van der Waals surface area contributed by atoms with Crippen molar-refractivity contribution in [3.05, 3.63) is 36.4 Å². The van der Waals surface area contributed by atoms with Gasteiger partial charge in [-0.1, -0.05) is 12.1 Å². The summed E-state index contributed by atoms with van der Waals surface area (Å²) in [4.78, 5) is 0. The van der Waals surface area contributed by atoms with Crippen LogP contribution in [0.15, 0.2) is 36.4 Å². The van der Waals surface area contributed by atoms with Crippen LogP contribution in [0.1, 0.15) is 20.8 Å². The van der Waals surface area contributed by atoms with Gasteiger partial charge in [-0.2, -0.15) is 0 Å². The first-order chi connectivity index (χ1) is 9.19. The number of aromatic nitrogens is 2. The van der Waals surface area contributed by atoms with Crippen molar-refractivity contribution >= 4 is 5.82 Å². The molecule has 0 fully saturated rings. The lowest BCUT2D eigenvalue weighted by molar-refractivity contribution is 0.242. The second-order valence-corrected chi connectivity index (χ2v) is 4.53. The summed E-state index contributed by atoms with van der Waals surface area (Å²) in [7, 11) is 0. The third-order valence-corrected chi connectivity index (χ3v) is 2.52. The van der Waals surface area contributed by atoms with E-state index in [2.05, 4.69) is 15.5 Å². The number of benzene rings is 1. The van der Waals surface area contributed by atoms with Crippen LogP contribution in [0.5, 0.6) is 5.75 Å². The molecule has 0 unspecified atom stereocenters. The number of hydrogen-bond donors (Lipinski definition) is 1. The van der Waals surface area contributed by atoms with E-state index >= 15 is 0 Å². The van der Waals surface area contributed by atoms with Gasteiger partial charge < -0.3 is 10.1 Å². The lowest BCUT2D eigenvalue weighted by Gasteiger charge is -2.10. The molecule has 0 bridgehead atoms. The molecule has 0 aliphatic carbocycles. The molecular formula is C15H19N3O. The van der Waals surface area contributed by atoms with Crippen LogP contribution >= 0.6 is 0 Å². The van der Waals surface area contributed by atoms with Gasteiger partial charge in [0, 0.05) is 12.1 Å². The van der Waals surface area contributed by atoms with Crippen molar-refractivity contribution in [2.75, 3.05) is 11.9 Å².